The molecule has 0 saturated heterocycles. The second-order valence-corrected chi connectivity index (χ2v) is 5.21. The molecule has 2 aromatic rings. The molecule has 0 unspecified atom stereocenters. The molecule has 0 atom stereocenters. The third-order valence-electron chi connectivity index (χ3n) is 3.47. The summed E-state index contributed by atoms with van der Waals surface area (Å²) in [6.07, 6.45) is -0.507. The molecule has 8 heteroatoms. The lowest BCUT2D eigenvalue weighted by atomic mass is 10.0. The predicted octanol–water partition coefficient (Wildman–Crippen LogP) is 1.35. The normalized spacial score (nSPS) is 10.2. The minimum Gasteiger partial charge on any atom is -0.508 e. The van der Waals surface area contributed by atoms with Gasteiger partial charge in [0.2, 0.25) is 0 Å². The lowest BCUT2D eigenvalue weighted by Gasteiger charge is -2.11. The molecule has 0 heterocycles. The lowest BCUT2D eigenvalue weighted by Crippen LogP contribution is -2.24. The fraction of sp³-hybridized carbons (Fsp3) is 0.118. The van der Waals surface area contributed by atoms with Crippen LogP contribution in [0.5, 0.6) is 11.5 Å². The number of amides is 1. The van der Waals surface area contributed by atoms with Crippen LogP contribution in [0.25, 0.3) is 0 Å². The van der Waals surface area contributed by atoms with Gasteiger partial charge in [-0.15, -0.1) is 0 Å². The molecule has 0 bridgehead atoms. The number of rotatable bonds is 6. The van der Waals surface area contributed by atoms with Gasteiger partial charge in [0.1, 0.15) is 11.5 Å². The number of carboxylic acid groups (broad SMARTS) is 2. The minimum absolute atomic E-state index is 0.0298. The van der Waals surface area contributed by atoms with Crippen molar-refractivity contribution in [2.75, 3.05) is 0 Å². The van der Waals surface area contributed by atoms with E-state index in [0.717, 1.165) is 12.1 Å². The molecule has 0 saturated carbocycles. The van der Waals surface area contributed by atoms with Crippen molar-refractivity contribution in [1.82, 2.24) is 5.32 Å². The van der Waals surface area contributed by atoms with E-state index in [1.165, 1.54) is 12.1 Å². The van der Waals surface area contributed by atoms with Crippen molar-refractivity contribution in [3.8, 4) is 11.5 Å². The van der Waals surface area contributed by atoms with Gasteiger partial charge in [-0.3, -0.25) is 9.59 Å². The van der Waals surface area contributed by atoms with Gasteiger partial charge in [-0.25, -0.2) is 4.79 Å². The Morgan fingerprint density at radius 1 is 0.880 bits per heavy atom. The molecular formula is C17H15NO7. The van der Waals surface area contributed by atoms with E-state index in [-0.39, 0.29) is 23.2 Å². The number of carboxylic acids is 2. The van der Waals surface area contributed by atoms with Crippen LogP contribution in [0.15, 0.2) is 36.4 Å². The number of carbonyl (C=O) groups is 3. The summed E-state index contributed by atoms with van der Waals surface area (Å²) in [6, 6.07) is 8.08. The second kappa shape index (κ2) is 7.35. The number of nitrogens with one attached hydrogen (secondary N) is 1. The van der Waals surface area contributed by atoms with Crippen LogP contribution in [-0.4, -0.2) is 38.3 Å². The molecule has 0 aliphatic rings. The fourth-order valence-electron chi connectivity index (χ4n) is 2.26. The van der Waals surface area contributed by atoms with E-state index in [1.807, 2.05) is 0 Å². The Kier molecular flexibility index (Phi) is 5.23. The fourth-order valence-corrected chi connectivity index (χ4v) is 2.26. The van der Waals surface area contributed by atoms with Gasteiger partial charge < -0.3 is 25.7 Å². The number of aliphatic carboxylic acids is 1. The van der Waals surface area contributed by atoms with E-state index in [4.69, 9.17) is 10.2 Å². The van der Waals surface area contributed by atoms with Crippen LogP contribution in [-0.2, 0) is 17.8 Å². The highest BCUT2D eigenvalue weighted by Crippen LogP contribution is 2.27. The first-order valence-electron chi connectivity index (χ1n) is 7.15. The molecule has 0 aliphatic carbocycles. The van der Waals surface area contributed by atoms with E-state index in [0.29, 0.717) is 5.56 Å². The Morgan fingerprint density at radius 2 is 1.56 bits per heavy atom. The standard InChI is InChI=1S/C17H15NO7/c19-13-7-12(14(20)5-10(13)6-15(21)22)16(23)18-8-9-3-1-2-4-11(9)17(24)25/h1-5,7,19-20H,6,8H2,(H,18,23)(H,21,22)(H,24,25). The van der Waals surface area contributed by atoms with E-state index in [1.54, 1.807) is 12.1 Å². The smallest absolute Gasteiger partial charge is 0.336 e. The van der Waals surface area contributed by atoms with E-state index in [9.17, 15) is 24.6 Å². The van der Waals surface area contributed by atoms with Crippen LogP contribution in [0.2, 0.25) is 0 Å². The van der Waals surface area contributed by atoms with Gasteiger partial charge >= 0.3 is 11.9 Å². The molecule has 130 valence electrons. The van der Waals surface area contributed by atoms with Gasteiger partial charge in [-0.05, 0) is 23.8 Å². The van der Waals surface area contributed by atoms with E-state index < -0.39 is 35.8 Å². The molecule has 8 nitrogen and oxygen atoms in total. The average molecular weight is 345 g/mol. The van der Waals surface area contributed by atoms with E-state index >= 15 is 0 Å². The summed E-state index contributed by atoms with van der Waals surface area (Å²) in [5, 5.41) is 39.9. The number of hydrogen-bond acceptors (Lipinski definition) is 5. The van der Waals surface area contributed by atoms with Crippen molar-refractivity contribution < 1.29 is 34.8 Å². The van der Waals surface area contributed by atoms with Gasteiger partial charge in [-0.1, -0.05) is 18.2 Å². The highest BCUT2D eigenvalue weighted by Gasteiger charge is 2.17. The summed E-state index contributed by atoms with van der Waals surface area (Å²) in [4.78, 5) is 34.0. The Bertz CT molecular complexity index is 845. The van der Waals surface area contributed by atoms with E-state index in [2.05, 4.69) is 5.32 Å². The van der Waals surface area contributed by atoms with Gasteiger partial charge in [0.15, 0.2) is 0 Å². The minimum atomic E-state index is -1.20. The van der Waals surface area contributed by atoms with Gasteiger partial charge in [-0.2, -0.15) is 0 Å². The SMILES string of the molecule is O=C(O)Cc1cc(O)c(C(=O)NCc2ccccc2C(=O)O)cc1O. The van der Waals surface area contributed by atoms with Crippen molar-refractivity contribution in [3.63, 3.8) is 0 Å². The van der Waals surface area contributed by atoms with Crippen LogP contribution in [0.1, 0.15) is 31.8 Å². The number of benzene rings is 2. The lowest BCUT2D eigenvalue weighted by molar-refractivity contribution is -0.136. The predicted molar refractivity (Wildman–Crippen MR) is 85.7 cm³/mol. The molecule has 2 aromatic carbocycles. The number of phenols is 2. The molecule has 5 N–H and O–H groups in total. The average Bonchev–Trinajstić information content (AvgIpc) is 2.55. The first kappa shape index (κ1) is 17.8. The molecule has 25 heavy (non-hydrogen) atoms. The summed E-state index contributed by atoms with van der Waals surface area (Å²) >= 11 is 0. The van der Waals surface area contributed by atoms with Crippen molar-refractivity contribution in [2.24, 2.45) is 0 Å². The maximum Gasteiger partial charge on any atom is 0.336 e. The summed E-state index contributed by atoms with van der Waals surface area (Å²) in [5.41, 5.74) is 0.124. The zero-order chi connectivity index (χ0) is 18.6. The molecule has 0 fully saturated rings. The van der Waals surface area contributed by atoms with Crippen molar-refractivity contribution >= 4 is 17.8 Å². The van der Waals surface area contributed by atoms with Gasteiger partial charge in [0.25, 0.3) is 5.91 Å². The Labute approximate surface area is 142 Å². The number of aromatic carboxylic acids is 1. The number of phenolic OH excluding ortho intramolecular Hbond substituents is 2. The molecule has 0 aromatic heterocycles. The van der Waals surface area contributed by atoms with Crippen molar-refractivity contribution in [1.29, 1.82) is 0 Å². The summed E-state index contributed by atoms with van der Waals surface area (Å²) in [6.45, 7) is -0.0988. The third-order valence-corrected chi connectivity index (χ3v) is 3.47. The van der Waals surface area contributed by atoms with Crippen LogP contribution < -0.4 is 5.32 Å². The third kappa shape index (κ3) is 4.25. The Morgan fingerprint density at radius 3 is 2.20 bits per heavy atom. The highest BCUT2D eigenvalue weighted by molar-refractivity contribution is 5.97. The zero-order valence-electron chi connectivity index (χ0n) is 12.9. The van der Waals surface area contributed by atoms with Crippen LogP contribution >= 0.6 is 0 Å². The van der Waals surface area contributed by atoms with Gasteiger partial charge in [0.05, 0.1) is 17.5 Å². The summed E-state index contributed by atoms with van der Waals surface area (Å²) in [5.74, 6) is -4.00. The monoisotopic (exact) mass is 345 g/mol. The Balaban J connectivity index is 2.18. The first-order valence-corrected chi connectivity index (χ1v) is 7.15. The summed E-state index contributed by atoms with van der Waals surface area (Å²) in [7, 11) is 0. The quantitative estimate of drug-likeness (QED) is 0.497. The molecule has 1 amide bonds. The van der Waals surface area contributed by atoms with Crippen molar-refractivity contribution in [3.05, 3.63) is 58.7 Å². The van der Waals surface area contributed by atoms with Crippen LogP contribution in [0.3, 0.4) is 0 Å². The first-order chi connectivity index (χ1) is 11.8. The molecule has 0 radical (unpaired) electrons. The maximum absolute atomic E-state index is 12.2. The maximum atomic E-state index is 12.2. The van der Waals surface area contributed by atoms with Gasteiger partial charge in [0, 0.05) is 12.1 Å². The van der Waals surface area contributed by atoms with Crippen molar-refractivity contribution in [2.45, 2.75) is 13.0 Å². The molecule has 0 spiro atoms. The second-order valence-electron chi connectivity index (χ2n) is 5.21. The zero-order valence-corrected chi connectivity index (χ0v) is 12.9. The number of carbonyl (C=O) groups excluding carboxylic acids is 1. The topological polar surface area (TPSA) is 144 Å². The molecular weight excluding hydrogens is 330 g/mol. The number of hydrogen-bond donors (Lipinski definition) is 5. The Hall–Kier alpha value is -3.55. The largest absolute Gasteiger partial charge is 0.508 e. The summed E-state index contributed by atoms with van der Waals surface area (Å²) < 4.78 is 0. The molecule has 0 aliphatic heterocycles. The molecule has 2 rings (SSSR count). The highest BCUT2D eigenvalue weighted by atomic mass is 16.4. The van der Waals surface area contributed by atoms with Crippen LogP contribution in [0.4, 0.5) is 0 Å². The van der Waals surface area contributed by atoms with Crippen LogP contribution in [0, 0.1) is 0 Å². The number of aromatic hydroxyl groups is 2.